The van der Waals surface area contributed by atoms with Crippen molar-refractivity contribution in [3.8, 4) is 11.1 Å². The molecule has 23 heavy (non-hydrogen) atoms. The molecule has 3 aromatic carbocycles. The number of rotatable bonds is 1. The Morgan fingerprint density at radius 2 is 1.43 bits per heavy atom. The molecule has 112 valence electrons. The summed E-state index contributed by atoms with van der Waals surface area (Å²) in [5.41, 5.74) is 5.46. The van der Waals surface area contributed by atoms with E-state index in [2.05, 4.69) is 54.6 Å². The van der Waals surface area contributed by atoms with E-state index in [4.69, 9.17) is 23.2 Å². The molecule has 0 aliphatic heterocycles. The maximum Gasteiger partial charge on any atom is 0.164 e. The van der Waals surface area contributed by atoms with Gasteiger partial charge in [0.15, 0.2) is 4.33 Å². The molecule has 0 heterocycles. The molecule has 4 rings (SSSR count). The van der Waals surface area contributed by atoms with Crippen molar-refractivity contribution in [1.82, 2.24) is 0 Å². The van der Waals surface area contributed by atoms with Crippen molar-refractivity contribution in [2.45, 2.75) is 11.3 Å². The molecule has 0 N–H and O–H groups in total. The Morgan fingerprint density at radius 3 is 2.26 bits per heavy atom. The van der Waals surface area contributed by atoms with Crippen molar-refractivity contribution in [1.29, 1.82) is 0 Å². The number of halogens is 2. The van der Waals surface area contributed by atoms with E-state index in [9.17, 15) is 0 Å². The number of fused-ring (bicyclic) bond motifs is 2. The third-order valence-corrected chi connectivity index (χ3v) is 5.38. The Bertz CT molecular complexity index is 921. The molecule has 1 aliphatic rings. The van der Waals surface area contributed by atoms with Gasteiger partial charge in [0.25, 0.3) is 0 Å². The molecule has 0 nitrogen and oxygen atoms in total. The molecular weight excluding hydrogens is 359 g/mol. The van der Waals surface area contributed by atoms with Crippen molar-refractivity contribution in [3.63, 3.8) is 0 Å². The second-order valence-electron chi connectivity index (χ2n) is 5.70. The molecule has 0 radical (unpaired) electrons. The van der Waals surface area contributed by atoms with E-state index in [-0.39, 0.29) is 21.7 Å². The summed E-state index contributed by atoms with van der Waals surface area (Å²) < 4.78 is -0.921. The van der Waals surface area contributed by atoms with E-state index in [0.29, 0.717) is 0 Å². The summed E-state index contributed by atoms with van der Waals surface area (Å²) in [7, 11) is 0. The average molecular weight is 373 g/mol. The summed E-state index contributed by atoms with van der Waals surface area (Å²) in [4.78, 5) is 0. The Kier molecular flexibility index (Phi) is 4.46. The summed E-state index contributed by atoms with van der Waals surface area (Å²) in [6.45, 7) is 1.98. The standard InChI is InChI=1S/C20H14Cl2.Ti/c1-13-12-18-17(10-5-11-19(18)20(13,21)22)16-9-4-7-14-6-2-3-8-15(14)16;/h2-12H,1H3;. The SMILES string of the molecule is CC1=Cc2c(-c3cccc4ccccc34)cccc2C1(Cl)Cl.[Ti]. The molecule has 0 fully saturated rings. The van der Waals surface area contributed by atoms with E-state index in [1.807, 2.05) is 19.1 Å². The first kappa shape index (κ1) is 16.8. The van der Waals surface area contributed by atoms with E-state index >= 15 is 0 Å². The summed E-state index contributed by atoms with van der Waals surface area (Å²) in [5, 5.41) is 2.48. The maximum atomic E-state index is 6.52. The van der Waals surface area contributed by atoms with Gasteiger partial charge in [0.05, 0.1) is 0 Å². The van der Waals surface area contributed by atoms with Crippen LogP contribution < -0.4 is 0 Å². The van der Waals surface area contributed by atoms with E-state index in [0.717, 1.165) is 16.7 Å². The first-order valence-electron chi connectivity index (χ1n) is 7.27. The predicted octanol–water partition coefficient (Wildman–Crippen LogP) is 6.55. The normalized spacial score (nSPS) is 15.0. The largest absolute Gasteiger partial charge is 0.164 e. The van der Waals surface area contributed by atoms with Gasteiger partial charge in [0.2, 0.25) is 0 Å². The van der Waals surface area contributed by atoms with Crippen LogP contribution in [-0.2, 0) is 26.1 Å². The van der Waals surface area contributed by atoms with Gasteiger partial charge in [-0.3, -0.25) is 0 Å². The topological polar surface area (TPSA) is 0 Å². The first-order chi connectivity index (χ1) is 10.6. The van der Waals surface area contributed by atoms with Crippen molar-refractivity contribution >= 4 is 40.1 Å². The fraction of sp³-hybridized carbons (Fsp3) is 0.100. The molecule has 1 aliphatic carbocycles. The van der Waals surface area contributed by atoms with Crippen molar-refractivity contribution in [2.24, 2.45) is 0 Å². The van der Waals surface area contributed by atoms with E-state index in [1.54, 1.807) is 0 Å². The fourth-order valence-corrected chi connectivity index (χ4v) is 3.65. The van der Waals surface area contributed by atoms with Gasteiger partial charge in [0, 0.05) is 21.7 Å². The zero-order chi connectivity index (χ0) is 15.3. The predicted molar refractivity (Wildman–Crippen MR) is 96.4 cm³/mol. The fourth-order valence-electron chi connectivity index (χ4n) is 3.21. The molecule has 0 spiro atoms. The third kappa shape index (κ3) is 2.59. The molecular formula is C20H14Cl2Ti. The second kappa shape index (κ2) is 6.11. The van der Waals surface area contributed by atoms with Crippen LogP contribution in [0.1, 0.15) is 18.1 Å². The number of hydrogen-bond donors (Lipinski definition) is 0. The molecule has 0 atom stereocenters. The van der Waals surface area contributed by atoms with Gasteiger partial charge in [-0.15, -0.1) is 0 Å². The van der Waals surface area contributed by atoms with Crippen LogP contribution in [0.2, 0.25) is 0 Å². The van der Waals surface area contributed by atoms with Gasteiger partial charge in [-0.2, -0.15) is 0 Å². The molecule has 0 aromatic heterocycles. The van der Waals surface area contributed by atoms with Crippen molar-refractivity contribution < 1.29 is 21.7 Å². The Hall–Kier alpha value is -1.05. The van der Waals surface area contributed by atoms with Crippen molar-refractivity contribution in [2.75, 3.05) is 0 Å². The van der Waals surface area contributed by atoms with E-state index in [1.165, 1.54) is 21.9 Å². The van der Waals surface area contributed by atoms with Gasteiger partial charge in [-0.05, 0) is 45.5 Å². The van der Waals surface area contributed by atoms with Crippen LogP contribution in [-0.4, -0.2) is 0 Å². The second-order valence-corrected chi connectivity index (χ2v) is 7.02. The van der Waals surface area contributed by atoms with Gasteiger partial charge in [-0.25, -0.2) is 0 Å². The minimum absolute atomic E-state index is 0. The number of allylic oxidation sites excluding steroid dienone is 1. The minimum Gasteiger partial charge on any atom is -0.0913 e. The Morgan fingerprint density at radius 1 is 0.783 bits per heavy atom. The maximum absolute atomic E-state index is 6.52. The molecule has 0 saturated carbocycles. The molecule has 0 saturated heterocycles. The molecule has 0 amide bonds. The summed E-state index contributed by atoms with van der Waals surface area (Å²) in [6.07, 6.45) is 2.10. The van der Waals surface area contributed by atoms with Crippen LogP contribution in [0, 0.1) is 0 Å². The monoisotopic (exact) mass is 372 g/mol. The van der Waals surface area contributed by atoms with Gasteiger partial charge >= 0.3 is 0 Å². The third-order valence-electron chi connectivity index (χ3n) is 4.38. The zero-order valence-electron chi connectivity index (χ0n) is 12.6. The quantitative estimate of drug-likeness (QED) is 0.335. The number of hydrogen-bond acceptors (Lipinski definition) is 0. The summed E-state index contributed by atoms with van der Waals surface area (Å²) in [6, 6.07) is 21.0. The molecule has 3 aromatic rings. The van der Waals surface area contributed by atoms with Crippen LogP contribution in [0.15, 0.2) is 66.2 Å². The first-order valence-corrected chi connectivity index (χ1v) is 8.03. The van der Waals surface area contributed by atoms with Crippen LogP contribution >= 0.6 is 23.2 Å². The summed E-state index contributed by atoms with van der Waals surface area (Å²) >= 11 is 13.0. The summed E-state index contributed by atoms with van der Waals surface area (Å²) in [5.74, 6) is 0. The molecule has 3 heteroatoms. The molecule has 0 bridgehead atoms. The average Bonchev–Trinajstić information content (AvgIpc) is 2.77. The number of alkyl halides is 2. The Balaban J connectivity index is 0.00000156. The minimum atomic E-state index is -0.921. The van der Waals surface area contributed by atoms with Gasteiger partial charge in [0.1, 0.15) is 0 Å². The van der Waals surface area contributed by atoms with Crippen LogP contribution in [0.25, 0.3) is 28.0 Å². The van der Waals surface area contributed by atoms with Gasteiger partial charge < -0.3 is 0 Å². The molecule has 0 unspecified atom stereocenters. The van der Waals surface area contributed by atoms with Gasteiger partial charge in [-0.1, -0.05) is 89.9 Å². The van der Waals surface area contributed by atoms with Crippen LogP contribution in [0.3, 0.4) is 0 Å². The number of benzene rings is 3. The van der Waals surface area contributed by atoms with Crippen molar-refractivity contribution in [3.05, 3.63) is 77.4 Å². The Labute approximate surface area is 161 Å². The van der Waals surface area contributed by atoms with E-state index < -0.39 is 4.33 Å². The van der Waals surface area contributed by atoms with Crippen LogP contribution in [0.5, 0.6) is 0 Å². The zero-order valence-corrected chi connectivity index (χ0v) is 15.7. The smallest absolute Gasteiger partial charge is 0.0913 e. The van der Waals surface area contributed by atoms with Crippen LogP contribution in [0.4, 0.5) is 0 Å².